The quantitative estimate of drug-likeness (QED) is 0.743. The summed E-state index contributed by atoms with van der Waals surface area (Å²) in [6.07, 6.45) is 1.89. The predicted molar refractivity (Wildman–Crippen MR) is 54.6 cm³/mol. The van der Waals surface area contributed by atoms with Gasteiger partial charge in [-0.3, -0.25) is 0 Å². The molecule has 1 heterocycles. The van der Waals surface area contributed by atoms with E-state index < -0.39 is 0 Å². The number of hydrogen-bond acceptors (Lipinski definition) is 1. The maximum Gasteiger partial charge on any atom is 0.161 e. The highest BCUT2D eigenvalue weighted by atomic mass is 35.5. The minimum atomic E-state index is 0.648. The monoisotopic (exact) mass is 195 g/mol. The minimum Gasteiger partial charge on any atom is -0.493 e. The third kappa shape index (κ3) is 1.18. The van der Waals surface area contributed by atoms with E-state index in [9.17, 15) is 0 Å². The number of rotatable bonds is 1. The normalized spacial score (nSPS) is 10.7. The van der Waals surface area contributed by atoms with Crippen molar-refractivity contribution in [1.82, 2.24) is 4.98 Å². The van der Waals surface area contributed by atoms with Crippen molar-refractivity contribution in [2.45, 2.75) is 6.92 Å². The third-order valence-corrected chi connectivity index (χ3v) is 2.44. The Bertz CT molecular complexity index is 447. The number of benzene rings is 1. The third-order valence-electron chi connectivity index (χ3n) is 2.16. The first-order valence-corrected chi connectivity index (χ1v) is 4.42. The van der Waals surface area contributed by atoms with Gasteiger partial charge in [0.1, 0.15) is 0 Å². The van der Waals surface area contributed by atoms with Crippen LogP contribution in [0.4, 0.5) is 0 Å². The second-order valence-electron chi connectivity index (χ2n) is 2.97. The lowest BCUT2D eigenvalue weighted by molar-refractivity contribution is 0.419. The van der Waals surface area contributed by atoms with E-state index in [2.05, 4.69) is 4.98 Å². The highest BCUT2D eigenvalue weighted by Gasteiger charge is 2.09. The van der Waals surface area contributed by atoms with Crippen LogP contribution in [-0.2, 0) is 0 Å². The fraction of sp³-hybridized carbons (Fsp3) is 0.200. The van der Waals surface area contributed by atoms with Crippen LogP contribution in [0.5, 0.6) is 5.75 Å². The van der Waals surface area contributed by atoms with E-state index in [-0.39, 0.29) is 0 Å². The Morgan fingerprint density at radius 3 is 2.92 bits per heavy atom. The summed E-state index contributed by atoms with van der Waals surface area (Å²) in [5.41, 5.74) is 2.12. The Labute approximate surface area is 81.5 Å². The molecule has 0 aliphatic heterocycles. The van der Waals surface area contributed by atoms with Gasteiger partial charge in [-0.05, 0) is 24.6 Å². The highest BCUT2D eigenvalue weighted by molar-refractivity contribution is 6.33. The van der Waals surface area contributed by atoms with Gasteiger partial charge < -0.3 is 9.72 Å². The summed E-state index contributed by atoms with van der Waals surface area (Å²) in [5, 5.41) is 1.80. The van der Waals surface area contributed by atoms with Crippen LogP contribution in [0.15, 0.2) is 18.3 Å². The highest BCUT2D eigenvalue weighted by Crippen LogP contribution is 2.34. The van der Waals surface area contributed by atoms with Crippen LogP contribution in [0.25, 0.3) is 10.9 Å². The lowest BCUT2D eigenvalue weighted by Crippen LogP contribution is -1.87. The van der Waals surface area contributed by atoms with E-state index in [1.165, 1.54) is 0 Å². The molecule has 0 unspecified atom stereocenters. The van der Waals surface area contributed by atoms with Crippen LogP contribution < -0.4 is 4.74 Å². The van der Waals surface area contributed by atoms with E-state index in [0.29, 0.717) is 10.8 Å². The van der Waals surface area contributed by atoms with Gasteiger partial charge in [-0.1, -0.05) is 11.6 Å². The standard InChI is InChI=1S/C10H10ClNO/c1-6-5-8(11)10(13-2)9-7(6)3-4-12-9/h3-5,12H,1-2H3. The van der Waals surface area contributed by atoms with Crippen molar-refractivity contribution in [1.29, 1.82) is 0 Å². The van der Waals surface area contributed by atoms with Gasteiger partial charge in [0.15, 0.2) is 5.75 Å². The molecule has 1 N–H and O–H groups in total. The van der Waals surface area contributed by atoms with Crippen molar-refractivity contribution >= 4 is 22.5 Å². The van der Waals surface area contributed by atoms with Gasteiger partial charge in [0, 0.05) is 11.6 Å². The first-order chi connectivity index (χ1) is 6.24. The van der Waals surface area contributed by atoms with Crippen molar-refractivity contribution < 1.29 is 4.74 Å². The Morgan fingerprint density at radius 2 is 2.23 bits per heavy atom. The number of halogens is 1. The number of aromatic amines is 1. The van der Waals surface area contributed by atoms with Crippen LogP contribution in [-0.4, -0.2) is 12.1 Å². The molecular formula is C10H10ClNO. The molecule has 1 aromatic carbocycles. The SMILES string of the molecule is COc1c(Cl)cc(C)c2cc[nH]c12. The average molecular weight is 196 g/mol. The molecule has 0 saturated heterocycles. The number of hydrogen-bond donors (Lipinski definition) is 1. The number of fused-ring (bicyclic) bond motifs is 1. The lowest BCUT2D eigenvalue weighted by atomic mass is 10.1. The molecular weight excluding hydrogens is 186 g/mol. The second kappa shape index (κ2) is 2.96. The van der Waals surface area contributed by atoms with Crippen molar-refractivity contribution in [3.05, 3.63) is 28.9 Å². The smallest absolute Gasteiger partial charge is 0.161 e. The number of aromatic nitrogens is 1. The first-order valence-electron chi connectivity index (χ1n) is 4.04. The predicted octanol–water partition coefficient (Wildman–Crippen LogP) is 3.14. The number of methoxy groups -OCH3 is 1. The molecule has 0 fully saturated rings. The van der Waals surface area contributed by atoms with E-state index in [0.717, 1.165) is 16.5 Å². The first kappa shape index (κ1) is 8.45. The topological polar surface area (TPSA) is 25.0 Å². The lowest BCUT2D eigenvalue weighted by Gasteiger charge is -2.06. The zero-order chi connectivity index (χ0) is 9.42. The summed E-state index contributed by atoms with van der Waals surface area (Å²) in [7, 11) is 1.62. The van der Waals surface area contributed by atoms with Gasteiger partial charge >= 0.3 is 0 Å². The van der Waals surface area contributed by atoms with Crippen molar-refractivity contribution in [2.75, 3.05) is 7.11 Å². The summed E-state index contributed by atoms with van der Waals surface area (Å²) in [6.45, 7) is 2.03. The number of aryl methyl sites for hydroxylation is 1. The van der Waals surface area contributed by atoms with Gasteiger partial charge in [0.2, 0.25) is 0 Å². The van der Waals surface area contributed by atoms with Crippen molar-refractivity contribution in [3.8, 4) is 5.75 Å². The van der Waals surface area contributed by atoms with Crippen LogP contribution in [0.1, 0.15) is 5.56 Å². The van der Waals surface area contributed by atoms with Gasteiger partial charge in [0.25, 0.3) is 0 Å². The fourth-order valence-electron chi connectivity index (χ4n) is 1.54. The Morgan fingerprint density at radius 1 is 1.46 bits per heavy atom. The molecule has 0 spiro atoms. The molecule has 0 atom stereocenters. The zero-order valence-corrected chi connectivity index (χ0v) is 8.27. The number of nitrogens with one attached hydrogen (secondary N) is 1. The maximum absolute atomic E-state index is 6.02. The summed E-state index contributed by atoms with van der Waals surface area (Å²) < 4.78 is 5.21. The van der Waals surface area contributed by atoms with Gasteiger partial charge in [-0.15, -0.1) is 0 Å². The fourth-order valence-corrected chi connectivity index (χ4v) is 1.87. The van der Waals surface area contributed by atoms with Crippen LogP contribution in [0.2, 0.25) is 5.02 Å². The number of ether oxygens (including phenoxy) is 1. The summed E-state index contributed by atoms with van der Waals surface area (Å²) in [4.78, 5) is 3.11. The van der Waals surface area contributed by atoms with Crippen LogP contribution >= 0.6 is 11.6 Å². The van der Waals surface area contributed by atoms with Gasteiger partial charge in [-0.2, -0.15) is 0 Å². The molecule has 2 rings (SSSR count). The van der Waals surface area contributed by atoms with Crippen LogP contribution in [0, 0.1) is 6.92 Å². The molecule has 0 aliphatic rings. The molecule has 68 valence electrons. The van der Waals surface area contributed by atoms with E-state index in [1.807, 2.05) is 25.3 Å². The van der Waals surface area contributed by atoms with Crippen molar-refractivity contribution in [3.63, 3.8) is 0 Å². The largest absolute Gasteiger partial charge is 0.493 e. The maximum atomic E-state index is 6.02. The van der Waals surface area contributed by atoms with E-state index >= 15 is 0 Å². The molecule has 2 nitrogen and oxygen atoms in total. The molecule has 13 heavy (non-hydrogen) atoms. The Balaban J connectivity index is 2.88. The van der Waals surface area contributed by atoms with Crippen LogP contribution in [0.3, 0.4) is 0 Å². The average Bonchev–Trinajstić information content (AvgIpc) is 2.53. The zero-order valence-electron chi connectivity index (χ0n) is 7.52. The molecule has 0 bridgehead atoms. The number of H-pyrrole nitrogens is 1. The molecule has 2 aromatic rings. The van der Waals surface area contributed by atoms with E-state index in [4.69, 9.17) is 16.3 Å². The minimum absolute atomic E-state index is 0.648. The molecule has 0 saturated carbocycles. The molecule has 0 aliphatic carbocycles. The van der Waals surface area contributed by atoms with Gasteiger partial charge in [-0.25, -0.2) is 0 Å². The van der Waals surface area contributed by atoms with Gasteiger partial charge in [0.05, 0.1) is 17.6 Å². The summed E-state index contributed by atoms with van der Waals surface area (Å²) in [5.74, 6) is 0.715. The molecule has 3 heteroatoms. The second-order valence-corrected chi connectivity index (χ2v) is 3.38. The van der Waals surface area contributed by atoms with Crippen molar-refractivity contribution in [2.24, 2.45) is 0 Å². The molecule has 0 radical (unpaired) electrons. The summed E-state index contributed by atoms with van der Waals surface area (Å²) >= 11 is 6.02. The summed E-state index contributed by atoms with van der Waals surface area (Å²) in [6, 6.07) is 3.93. The Hall–Kier alpha value is -1.15. The molecule has 0 amide bonds. The molecule has 1 aromatic heterocycles. The Kier molecular flexibility index (Phi) is 1.93. The van der Waals surface area contributed by atoms with E-state index in [1.54, 1.807) is 7.11 Å².